The van der Waals surface area contributed by atoms with E-state index in [2.05, 4.69) is 25.4 Å². The standard InChI is InChI=1S/C38H40F3N7O4/c1-21-8-9-32(38(39,40)41)45-28(21)15-31(51)30-16-37-11-10-26(50)7-5-4-6-12-42-29-14-24(25-18-43-23(3)44-19-25)13-27-35(22(2)49)46-47(36(27)29)20-34(52)48(30)33(37)17-37/h8-9,13-14,18-19,30,33,42H,4-7,10-12,15-17,20H2,1-3H3/t30-,33+,37-/m0/s1. The first-order valence-electron chi connectivity index (χ1n) is 17.7. The summed E-state index contributed by atoms with van der Waals surface area (Å²) in [6.45, 7) is 5.10. The number of aryl methyl sites for hydroxylation is 2. The maximum absolute atomic E-state index is 14.4. The predicted octanol–water partition coefficient (Wildman–Crippen LogP) is 6.23. The lowest BCUT2D eigenvalue weighted by atomic mass is 9.90. The monoisotopic (exact) mass is 715 g/mol. The number of aromatic nitrogens is 5. The molecule has 2 fully saturated rings. The number of rotatable bonds is 5. The number of anilines is 1. The van der Waals surface area contributed by atoms with Gasteiger partial charge < -0.3 is 10.2 Å². The smallest absolute Gasteiger partial charge is 0.383 e. The molecule has 0 spiro atoms. The Balaban J connectivity index is 1.28. The molecule has 3 aromatic heterocycles. The molecule has 1 amide bonds. The zero-order valence-electron chi connectivity index (χ0n) is 29.3. The second kappa shape index (κ2) is 13.5. The maximum Gasteiger partial charge on any atom is 0.433 e. The molecule has 1 aliphatic carbocycles. The van der Waals surface area contributed by atoms with E-state index in [1.165, 1.54) is 17.7 Å². The quantitative estimate of drug-likeness (QED) is 0.238. The first-order valence-corrected chi connectivity index (χ1v) is 17.7. The van der Waals surface area contributed by atoms with Crippen molar-refractivity contribution < 1.29 is 32.3 Å². The fraction of sp³-hybridized carbons (Fsp3) is 0.474. The zero-order chi connectivity index (χ0) is 36.9. The molecule has 2 bridgehead atoms. The number of benzene rings is 1. The number of piperidine rings is 1. The van der Waals surface area contributed by atoms with E-state index in [4.69, 9.17) is 0 Å². The molecule has 1 aromatic carbocycles. The summed E-state index contributed by atoms with van der Waals surface area (Å²) < 4.78 is 42.1. The normalized spacial score (nSPS) is 22.5. The topological polar surface area (TPSA) is 140 Å². The van der Waals surface area contributed by atoms with E-state index < -0.39 is 35.0 Å². The van der Waals surface area contributed by atoms with Gasteiger partial charge in [0.15, 0.2) is 11.6 Å². The van der Waals surface area contributed by atoms with Crippen molar-refractivity contribution >= 4 is 39.8 Å². The molecule has 1 saturated heterocycles. The van der Waals surface area contributed by atoms with Crippen molar-refractivity contribution in [3.63, 3.8) is 0 Å². The van der Waals surface area contributed by atoms with E-state index in [-0.39, 0.29) is 42.0 Å². The number of Topliss-reactive ketones (excluding diaryl/α,β-unsaturated/α-hetero) is 3. The van der Waals surface area contributed by atoms with Gasteiger partial charge in [0.2, 0.25) is 5.91 Å². The summed E-state index contributed by atoms with van der Waals surface area (Å²) in [5.74, 6) is -0.335. The molecule has 7 rings (SSSR count). The van der Waals surface area contributed by atoms with Gasteiger partial charge in [0, 0.05) is 55.7 Å². The van der Waals surface area contributed by atoms with Crippen LogP contribution in [0.4, 0.5) is 18.9 Å². The van der Waals surface area contributed by atoms with Gasteiger partial charge in [-0.2, -0.15) is 18.3 Å². The van der Waals surface area contributed by atoms with Crippen molar-refractivity contribution in [2.75, 3.05) is 11.9 Å². The summed E-state index contributed by atoms with van der Waals surface area (Å²) in [5, 5.41) is 8.68. The van der Waals surface area contributed by atoms with Crippen molar-refractivity contribution in [1.29, 1.82) is 0 Å². The van der Waals surface area contributed by atoms with Gasteiger partial charge in [0.25, 0.3) is 0 Å². The van der Waals surface area contributed by atoms with Crippen LogP contribution in [0.3, 0.4) is 0 Å². The summed E-state index contributed by atoms with van der Waals surface area (Å²) in [6.07, 6.45) is 2.97. The number of halogens is 3. The van der Waals surface area contributed by atoms with Gasteiger partial charge in [0.1, 0.15) is 29.5 Å². The molecule has 3 aliphatic rings. The molecule has 272 valence electrons. The second-order valence-electron chi connectivity index (χ2n) is 14.5. The van der Waals surface area contributed by atoms with Crippen LogP contribution in [0.5, 0.6) is 0 Å². The van der Waals surface area contributed by atoms with Gasteiger partial charge in [-0.1, -0.05) is 12.5 Å². The van der Waals surface area contributed by atoms with Gasteiger partial charge in [-0.15, -0.1) is 0 Å². The molecule has 11 nitrogen and oxygen atoms in total. The molecule has 1 saturated carbocycles. The van der Waals surface area contributed by atoms with Crippen LogP contribution >= 0.6 is 0 Å². The SMILES string of the molecule is CC(=O)c1nn2c3c(cc(-c4cnc(C)nc4)cc13)NCCCCCC(=O)CC[C@@]13C[C@@H](C(=O)Cc4nc(C(F)(F)F)ccc4C)N(C(=O)C2)[C@@H]1C3. The predicted molar refractivity (Wildman–Crippen MR) is 185 cm³/mol. The molecule has 0 unspecified atom stereocenters. The third-order valence-corrected chi connectivity index (χ3v) is 10.8. The molecule has 52 heavy (non-hydrogen) atoms. The van der Waals surface area contributed by atoms with Crippen LogP contribution < -0.4 is 5.32 Å². The summed E-state index contributed by atoms with van der Waals surface area (Å²) in [7, 11) is 0. The van der Waals surface area contributed by atoms with Crippen molar-refractivity contribution in [3.8, 4) is 11.1 Å². The highest BCUT2D eigenvalue weighted by molar-refractivity contribution is 6.09. The zero-order valence-corrected chi connectivity index (χ0v) is 29.3. The van der Waals surface area contributed by atoms with Crippen molar-refractivity contribution in [2.24, 2.45) is 5.41 Å². The van der Waals surface area contributed by atoms with Crippen LogP contribution in [0.25, 0.3) is 22.0 Å². The molecule has 4 aromatic rings. The first-order chi connectivity index (χ1) is 24.7. The summed E-state index contributed by atoms with van der Waals surface area (Å²) in [4.78, 5) is 68.4. The number of hydrogen-bond acceptors (Lipinski definition) is 9. The Kier molecular flexibility index (Phi) is 9.20. The highest BCUT2D eigenvalue weighted by Gasteiger charge is 2.66. The minimum Gasteiger partial charge on any atom is -0.383 e. The Morgan fingerprint density at radius 2 is 1.77 bits per heavy atom. The first kappa shape index (κ1) is 35.4. The highest BCUT2D eigenvalue weighted by Crippen LogP contribution is 2.62. The van der Waals surface area contributed by atoms with E-state index in [1.807, 2.05) is 12.1 Å². The molecule has 3 atom stereocenters. The Morgan fingerprint density at radius 3 is 2.50 bits per heavy atom. The average Bonchev–Trinajstić information content (AvgIpc) is 3.50. The number of carbonyl (C=O) groups is 4. The fourth-order valence-corrected chi connectivity index (χ4v) is 7.92. The molecular weight excluding hydrogens is 675 g/mol. The average molecular weight is 716 g/mol. The van der Waals surface area contributed by atoms with E-state index in [0.717, 1.165) is 36.5 Å². The number of amides is 1. The van der Waals surface area contributed by atoms with E-state index in [0.29, 0.717) is 66.6 Å². The van der Waals surface area contributed by atoms with Crippen LogP contribution in [0.1, 0.15) is 91.6 Å². The minimum absolute atomic E-state index is 0.0150. The van der Waals surface area contributed by atoms with Crippen LogP contribution in [0, 0.1) is 19.3 Å². The van der Waals surface area contributed by atoms with E-state index >= 15 is 0 Å². The Morgan fingerprint density at radius 1 is 1.00 bits per heavy atom. The summed E-state index contributed by atoms with van der Waals surface area (Å²) >= 11 is 0. The van der Waals surface area contributed by atoms with Crippen molar-refractivity contribution in [1.82, 2.24) is 29.6 Å². The maximum atomic E-state index is 14.4. The third kappa shape index (κ3) is 6.82. The van der Waals surface area contributed by atoms with Gasteiger partial charge in [0.05, 0.1) is 29.4 Å². The van der Waals surface area contributed by atoms with E-state index in [1.54, 1.807) is 31.1 Å². The van der Waals surface area contributed by atoms with Crippen molar-refractivity contribution in [2.45, 2.75) is 103 Å². The third-order valence-electron chi connectivity index (χ3n) is 10.8. The van der Waals surface area contributed by atoms with Gasteiger partial charge in [-0.05, 0) is 80.7 Å². The van der Waals surface area contributed by atoms with Gasteiger partial charge in [-0.3, -0.25) is 23.9 Å². The fourth-order valence-electron chi connectivity index (χ4n) is 7.92. The van der Waals surface area contributed by atoms with Crippen LogP contribution in [0.15, 0.2) is 36.7 Å². The summed E-state index contributed by atoms with van der Waals surface area (Å²) in [6, 6.07) is 4.74. The van der Waals surface area contributed by atoms with Gasteiger partial charge in [-0.25, -0.2) is 15.0 Å². The van der Waals surface area contributed by atoms with E-state index in [9.17, 15) is 32.3 Å². The van der Waals surface area contributed by atoms with Crippen LogP contribution in [-0.4, -0.2) is 71.5 Å². The molecule has 14 heteroatoms. The molecule has 1 N–H and O–H groups in total. The van der Waals surface area contributed by atoms with Crippen molar-refractivity contribution in [3.05, 3.63) is 65.1 Å². The number of nitrogens with zero attached hydrogens (tertiary/aromatic N) is 6. The number of ketones is 3. The highest BCUT2D eigenvalue weighted by atomic mass is 19.4. The number of pyridine rings is 1. The number of hydrogen-bond donors (Lipinski definition) is 1. The Bertz CT molecular complexity index is 2090. The lowest BCUT2D eigenvalue weighted by Gasteiger charge is -2.27. The Labute approximate surface area is 298 Å². The molecular formula is C38H40F3N7O4. The number of nitrogens with one attached hydrogen (secondary N) is 1. The Hall–Kier alpha value is -5.01. The lowest BCUT2D eigenvalue weighted by molar-refractivity contribution is -0.141. The molecule has 2 aliphatic heterocycles. The van der Waals surface area contributed by atoms with Crippen LogP contribution in [0.2, 0.25) is 0 Å². The number of carbonyl (C=O) groups excluding carboxylic acids is 4. The lowest BCUT2D eigenvalue weighted by Crippen LogP contribution is -2.45. The van der Waals surface area contributed by atoms with Crippen LogP contribution in [-0.2, 0) is 33.5 Å². The van der Waals surface area contributed by atoms with Gasteiger partial charge >= 0.3 is 6.18 Å². The summed E-state index contributed by atoms with van der Waals surface area (Å²) in [5.41, 5.74) is 1.84. The second-order valence-corrected chi connectivity index (χ2v) is 14.5. The largest absolute Gasteiger partial charge is 0.433 e. The molecule has 5 heterocycles. The number of alkyl halides is 3. The minimum atomic E-state index is -4.67. The molecule has 0 radical (unpaired) electrons.